The standard InChI is InChI=1S/C17H20N3OP/c1-4-11-9-19-17-16(11)7-13(10-20-17)12-5-14(18)8-15(6-12)22(2,3)21/h5-10H,4,18H2,1-3H3,(H,19,20). The fourth-order valence-corrected chi connectivity index (χ4v) is 3.53. The van der Waals surface area contributed by atoms with Gasteiger partial charge in [-0.1, -0.05) is 6.92 Å². The molecule has 3 aromatic rings. The number of H-pyrrole nitrogens is 1. The van der Waals surface area contributed by atoms with Crippen molar-refractivity contribution >= 4 is 29.2 Å². The van der Waals surface area contributed by atoms with E-state index in [2.05, 4.69) is 23.0 Å². The topological polar surface area (TPSA) is 71.8 Å². The van der Waals surface area contributed by atoms with Gasteiger partial charge in [-0.15, -0.1) is 0 Å². The lowest BCUT2D eigenvalue weighted by atomic mass is 10.0. The van der Waals surface area contributed by atoms with Crippen LogP contribution in [0.3, 0.4) is 0 Å². The Balaban J connectivity index is 2.18. The molecule has 5 heteroatoms. The van der Waals surface area contributed by atoms with Gasteiger partial charge >= 0.3 is 0 Å². The number of benzene rings is 1. The second kappa shape index (κ2) is 5.29. The average molecular weight is 313 g/mol. The van der Waals surface area contributed by atoms with Crippen LogP contribution in [0.1, 0.15) is 12.5 Å². The SMILES string of the molecule is CCc1c[nH]c2ncc(-c3cc(N)cc(P(C)(C)=O)c3)cc12. The van der Waals surface area contributed by atoms with Crippen LogP contribution in [0, 0.1) is 0 Å². The summed E-state index contributed by atoms with van der Waals surface area (Å²) in [6.45, 7) is 5.64. The van der Waals surface area contributed by atoms with E-state index in [1.165, 1.54) is 5.56 Å². The van der Waals surface area contributed by atoms with Crippen molar-refractivity contribution in [2.75, 3.05) is 19.1 Å². The Labute approximate surface area is 130 Å². The second-order valence-electron chi connectivity index (χ2n) is 5.95. The number of hydrogen-bond acceptors (Lipinski definition) is 3. The molecule has 114 valence electrons. The number of anilines is 1. The highest BCUT2D eigenvalue weighted by atomic mass is 31.2. The van der Waals surface area contributed by atoms with Crippen molar-refractivity contribution in [1.29, 1.82) is 0 Å². The molecule has 0 saturated carbocycles. The summed E-state index contributed by atoms with van der Waals surface area (Å²) in [6, 6.07) is 7.77. The van der Waals surface area contributed by atoms with Gasteiger partial charge in [0.1, 0.15) is 12.8 Å². The predicted molar refractivity (Wildman–Crippen MR) is 94.4 cm³/mol. The van der Waals surface area contributed by atoms with E-state index < -0.39 is 7.14 Å². The Morgan fingerprint density at radius 2 is 1.95 bits per heavy atom. The number of nitrogens with zero attached hydrogens (tertiary/aromatic N) is 1. The van der Waals surface area contributed by atoms with Crippen molar-refractivity contribution in [3.8, 4) is 11.1 Å². The molecule has 0 aliphatic carbocycles. The lowest BCUT2D eigenvalue weighted by Crippen LogP contribution is -2.05. The maximum Gasteiger partial charge on any atom is 0.137 e. The molecule has 0 atom stereocenters. The minimum absolute atomic E-state index is 0.626. The summed E-state index contributed by atoms with van der Waals surface area (Å²) in [4.78, 5) is 7.67. The average Bonchev–Trinajstić information content (AvgIpc) is 2.87. The lowest BCUT2D eigenvalue weighted by Gasteiger charge is -2.11. The van der Waals surface area contributed by atoms with Crippen molar-refractivity contribution in [3.05, 3.63) is 42.2 Å². The molecule has 3 rings (SSSR count). The molecular weight excluding hydrogens is 293 g/mol. The van der Waals surface area contributed by atoms with Crippen molar-refractivity contribution in [2.45, 2.75) is 13.3 Å². The number of aromatic nitrogens is 2. The molecule has 22 heavy (non-hydrogen) atoms. The molecule has 0 spiro atoms. The highest BCUT2D eigenvalue weighted by Crippen LogP contribution is 2.37. The van der Waals surface area contributed by atoms with E-state index in [1.54, 1.807) is 19.4 Å². The van der Waals surface area contributed by atoms with Crippen LogP contribution in [0.4, 0.5) is 5.69 Å². The number of nitrogens with one attached hydrogen (secondary N) is 1. The Bertz CT molecular complexity index is 892. The third-order valence-corrected chi connectivity index (χ3v) is 5.39. The normalized spacial score (nSPS) is 12.0. The molecule has 0 aliphatic rings. The van der Waals surface area contributed by atoms with Gasteiger partial charge in [-0.2, -0.15) is 0 Å². The molecular formula is C17H20N3OP. The Morgan fingerprint density at radius 1 is 1.18 bits per heavy atom. The molecule has 2 heterocycles. The van der Waals surface area contributed by atoms with Crippen LogP contribution >= 0.6 is 7.14 Å². The molecule has 0 bridgehead atoms. The minimum Gasteiger partial charge on any atom is -0.399 e. The van der Waals surface area contributed by atoms with E-state index in [4.69, 9.17) is 5.73 Å². The van der Waals surface area contributed by atoms with Crippen molar-refractivity contribution in [1.82, 2.24) is 9.97 Å². The first kappa shape index (κ1) is 14.9. The number of pyridine rings is 1. The molecule has 0 radical (unpaired) electrons. The summed E-state index contributed by atoms with van der Waals surface area (Å²) >= 11 is 0. The number of rotatable bonds is 3. The highest BCUT2D eigenvalue weighted by molar-refractivity contribution is 7.70. The van der Waals surface area contributed by atoms with Crippen LogP contribution in [-0.2, 0) is 11.0 Å². The molecule has 0 unspecified atom stereocenters. The summed E-state index contributed by atoms with van der Waals surface area (Å²) < 4.78 is 12.3. The van der Waals surface area contributed by atoms with Gasteiger partial charge in [0, 0.05) is 34.3 Å². The molecule has 0 fully saturated rings. The maximum atomic E-state index is 12.3. The van der Waals surface area contributed by atoms with Gasteiger partial charge in [0.25, 0.3) is 0 Å². The number of aromatic amines is 1. The Kier molecular flexibility index (Phi) is 3.57. The summed E-state index contributed by atoms with van der Waals surface area (Å²) in [5, 5.41) is 1.92. The molecule has 0 saturated heterocycles. The number of hydrogen-bond donors (Lipinski definition) is 2. The largest absolute Gasteiger partial charge is 0.399 e. The molecule has 1 aromatic carbocycles. The third-order valence-electron chi connectivity index (χ3n) is 3.89. The van der Waals surface area contributed by atoms with Crippen molar-refractivity contribution in [3.63, 3.8) is 0 Å². The van der Waals surface area contributed by atoms with Gasteiger partial charge in [-0.3, -0.25) is 0 Å². The van der Waals surface area contributed by atoms with Gasteiger partial charge in [0.15, 0.2) is 0 Å². The fourth-order valence-electron chi connectivity index (χ4n) is 2.62. The van der Waals surface area contributed by atoms with E-state index in [-0.39, 0.29) is 0 Å². The first-order chi connectivity index (χ1) is 10.4. The second-order valence-corrected chi connectivity index (χ2v) is 9.17. The monoisotopic (exact) mass is 313 g/mol. The number of fused-ring (bicyclic) bond motifs is 1. The van der Waals surface area contributed by atoms with E-state index >= 15 is 0 Å². The zero-order valence-electron chi connectivity index (χ0n) is 13.1. The minimum atomic E-state index is -2.35. The fraction of sp³-hybridized carbons (Fsp3) is 0.235. The lowest BCUT2D eigenvalue weighted by molar-refractivity contribution is 0.588. The number of aryl methyl sites for hydroxylation is 1. The zero-order valence-corrected chi connectivity index (χ0v) is 13.9. The maximum absolute atomic E-state index is 12.3. The van der Waals surface area contributed by atoms with Gasteiger partial charge in [0.05, 0.1) is 0 Å². The van der Waals surface area contributed by atoms with E-state index in [0.717, 1.165) is 33.9 Å². The Hall–Kier alpha value is -2.06. The molecule has 4 nitrogen and oxygen atoms in total. The van der Waals surface area contributed by atoms with Crippen LogP contribution in [0.25, 0.3) is 22.2 Å². The van der Waals surface area contributed by atoms with Gasteiger partial charge in [-0.05, 0) is 55.1 Å². The van der Waals surface area contributed by atoms with Crippen molar-refractivity contribution in [2.24, 2.45) is 0 Å². The molecule has 0 aliphatic heterocycles. The van der Waals surface area contributed by atoms with Crippen LogP contribution in [-0.4, -0.2) is 23.3 Å². The quantitative estimate of drug-likeness (QED) is 0.573. The molecule has 3 N–H and O–H groups in total. The van der Waals surface area contributed by atoms with Gasteiger partial charge in [0.2, 0.25) is 0 Å². The van der Waals surface area contributed by atoms with Crippen LogP contribution in [0.2, 0.25) is 0 Å². The summed E-state index contributed by atoms with van der Waals surface area (Å²) in [6.07, 6.45) is 4.78. The smallest absolute Gasteiger partial charge is 0.137 e. The van der Waals surface area contributed by atoms with E-state index in [0.29, 0.717) is 5.69 Å². The first-order valence-electron chi connectivity index (χ1n) is 7.31. The molecule has 2 aromatic heterocycles. The highest BCUT2D eigenvalue weighted by Gasteiger charge is 2.14. The number of nitrogen functional groups attached to an aromatic ring is 1. The van der Waals surface area contributed by atoms with Gasteiger partial charge in [-0.25, -0.2) is 4.98 Å². The zero-order chi connectivity index (χ0) is 15.9. The van der Waals surface area contributed by atoms with Crippen LogP contribution in [0.5, 0.6) is 0 Å². The van der Waals surface area contributed by atoms with Crippen LogP contribution in [0.15, 0.2) is 36.7 Å². The Morgan fingerprint density at radius 3 is 2.64 bits per heavy atom. The third kappa shape index (κ3) is 2.67. The number of nitrogens with two attached hydrogens (primary N) is 1. The van der Waals surface area contributed by atoms with E-state index in [9.17, 15) is 4.57 Å². The first-order valence-corrected chi connectivity index (χ1v) is 9.91. The van der Waals surface area contributed by atoms with Crippen LogP contribution < -0.4 is 11.0 Å². The molecule has 0 amide bonds. The van der Waals surface area contributed by atoms with E-state index in [1.807, 2.05) is 24.5 Å². The summed E-state index contributed by atoms with van der Waals surface area (Å²) in [5.41, 5.74) is 10.7. The summed E-state index contributed by atoms with van der Waals surface area (Å²) in [5.74, 6) is 0. The predicted octanol–water partition coefficient (Wildman–Crippen LogP) is 3.62. The summed E-state index contributed by atoms with van der Waals surface area (Å²) in [7, 11) is -2.35. The van der Waals surface area contributed by atoms with Crippen molar-refractivity contribution < 1.29 is 4.57 Å². The van der Waals surface area contributed by atoms with Gasteiger partial charge < -0.3 is 15.3 Å².